The first-order chi connectivity index (χ1) is 12.7. The van der Waals surface area contributed by atoms with Crippen molar-refractivity contribution in [2.45, 2.75) is 44.0 Å². The molecule has 2 heterocycles. The summed E-state index contributed by atoms with van der Waals surface area (Å²) in [6.07, 6.45) is 2.30. The summed E-state index contributed by atoms with van der Waals surface area (Å²) in [6, 6.07) is 8.61. The maximum Gasteiger partial charge on any atom is 0.332 e. The number of hydrogen-bond acceptors (Lipinski definition) is 4. The largest absolute Gasteiger partial charge is 0.332 e. The van der Waals surface area contributed by atoms with E-state index in [-0.39, 0.29) is 16.7 Å². The van der Waals surface area contributed by atoms with Gasteiger partial charge in [0.05, 0.1) is 6.33 Å². The standard InChI is InChI=1S/C20H26N4O2S/c1-20(2,3)14-7-9-15(10-8-14)27-12-6-11-24-18(25)16-17(21-13-22(16)4)23(5)19(24)26/h7-10,13H,6,11-12H2,1-5H3. The molecule has 0 N–H and O–H groups in total. The molecule has 0 aliphatic carbocycles. The number of aromatic nitrogens is 4. The van der Waals surface area contributed by atoms with Gasteiger partial charge in [0.1, 0.15) is 0 Å². The number of thioether (sulfide) groups is 1. The second-order valence-electron chi connectivity index (χ2n) is 7.80. The van der Waals surface area contributed by atoms with Gasteiger partial charge < -0.3 is 4.57 Å². The van der Waals surface area contributed by atoms with Crippen LogP contribution in [0.25, 0.3) is 11.2 Å². The minimum Gasteiger partial charge on any atom is -0.328 e. The number of benzene rings is 1. The van der Waals surface area contributed by atoms with E-state index in [0.29, 0.717) is 17.7 Å². The average Bonchev–Trinajstić information content (AvgIpc) is 3.01. The highest BCUT2D eigenvalue weighted by atomic mass is 32.2. The van der Waals surface area contributed by atoms with E-state index in [9.17, 15) is 9.59 Å². The monoisotopic (exact) mass is 386 g/mol. The molecule has 0 spiro atoms. The van der Waals surface area contributed by atoms with Crippen molar-refractivity contribution >= 4 is 22.9 Å². The zero-order valence-corrected chi connectivity index (χ0v) is 17.3. The van der Waals surface area contributed by atoms with Crippen LogP contribution in [0.4, 0.5) is 0 Å². The Hall–Kier alpha value is -2.28. The molecule has 144 valence electrons. The first-order valence-corrected chi connectivity index (χ1v) is 10.0. The quantitative estimate of drug-likeness (QED) is 0.500. The fourth-order valence-corrected chi connectivity index (χ4v) is 3.89. The zero-order valence-electron chi connectivity index (χ0n) is 16.5. The molecule has 0 unspecified atom stereocenters. The number of hydrogen-bond donors (Lipinski definition) is 0. The summed E-state index contributed by atoms with van der Waals surface area (Å²) >= 11 is 1.74. The maximum absolute atomic E-state index is 12.7. The fraction of sp³-hybridized carbons (Fsp3) is 0.450. The molecule has 0 saturated carbocycles. The van der Waals surface area contributed by atoms with Crippen molar-refractivity contribution in [3.05, 3.63) is 57.0 Å². The third kappa shape index (κ3) is 3.88. The number of aryl methyl sites for hydroxylation is 2. The zero-order chi connectivity index (χ0) is 19.8. The topological polar surface area (TPSA) is 61.8 Å². The Kier molecular flexibility index (Phi) is 5.33. The van der Waals surface area contributed by atoms with Gasteiger partial charge in [0, 0.05) is 25.5 Å². The molecule has 1 aromatic carbocycles. The Balaban J connectivity index is 1.69. The maximum atomic E-state index is 12.7. The predicted octanol–water partition coefficient (Wildman–Crippen LogP) is 2.91. The molecule has 3 aromatic rings. The summed E-state index contributed by atoms with van der Waals surface area (Å²) in [5.41, 5.74) is 1.76. The highest BCUT2D eigenvalue weighted by molar-refractivity contribution is 7.99. The number of fused-ring (bicyclic) bond motifs is 1. The summed E-state index contributed by atoms with van der Waals surface area (Å²) in [4.78, 5) is 30.5. The van der Waals surface area contributed by atoms with E-state index in [1.54, 1.807) is 36.8 Å². The van der Waals surface area contributed by atoms with Gasteiger partial charge in [-0.1, -0.05) is 32.9 Å². The van der Waals surface area contributed by atoms with Crippen LogP contribution < -0.4 is 11.2 Å². The van der Waals surface area contributed by atoms with Gasteiger partial charge >= 0.3 is 5.69 Å². The second kappa shape index (κ2) is 7.38. The van der Waals surface area contributed by atoms with Crippen molar-refractivity contribution in [3.8, 4) is 0 Å². The molecular formula is C20H26N4O2S. The van der Waals surface area contributed by atoms with Crippen LogP contribution in [0, 0.1) is 0 Å². The minimum absolute atomic E-state index is 0.148. The van der Waals surface area contributed by atoms with Crippen LogP contribution in [-0.2, 0) is 26.1 Å². The third-order valence-electron chi connectivity index (χ3n) is 4.72. The lowest BCUT2D eigenvalue weighted by molar-refractivity contribution is 0.589. The molecule has 0 saturated heterocycles. The van der Waals surface area contributed by atoms with E-state index in [0.717, 1.165) is 12.2 Å². The van der Waals surface area contributed by atoms with Crippen LogP contribution >= 0.6 is 11.8 Å². The van der Waals surface area contributed by atoms with Gasteiger partial charge in [-0.25, -0.2) is 9.78 Å². The van der Waals surface area contributed by atoms with Crippen LogP contribution in [0.3, 0.4) is 0 Å². The SMILES string of the molecule is Cn1cnc2c1c(=O)n(CCCSc1ccc(C(C)(C)C)cc1)c(=O)n2C. The van der Waals surface area contributed by atoms with Crippen molar-refractivity contribution in [1.82, 2.24) is 18.7 Å². The van der Waals surface area contributed by atoms with Crippen molar-refractivity contribution in [2.24, 2.45) is 14.1 Å². The Bertz CT molecular complexity index is 1070. The molecule has 6 nitrogen and oxygen atoms in total. The van der Waals surface area contributed by atoms with Crippen molar-refractivity contribution < 1.29 is 0 Å². The molecule has 0 radical (unpaired) electrons. The van der Waals surface area contributed by atoms with E-state index in [2.05, 4.69) is 50.0 Å². The van der Waals surface area contributed by atoms with Gasteiger partial charge in [0.25, 0.3) is 5.56 Å². The summed E-state index contributed by atoms with van der Waals surface area (Å²) in [5.74, 6) is 0.841. The van der Waals surface area contributed by atoms with Gasteiger partial charge in [-0.15, -0.1) is 11.8 Å². The first kappa shape index (κ1) is 19.5. The van der Waals surface area contributed by atoms with E-state index in [4.69, 9.17) is 0 Å². The second-order valence-corrected chi connectivity index (χ2v) is 8.97. The normalized spacial score (nSPS) is 12.0. The van der Waals surface area contributed by atoms with Gasteiger partial charge in [-0.05, 0) is 35.3 Å². The molecule has 27 heavy (non-hydrogen) atoms. The molecule has 0 atom stereocenters. The highest BCUT2D eigenvalue weighted by Gasteiger charge is 2.15. The highest BCUT2D eigenvalue weighted by Crippen LogP contribution is 2.25. The van der Waals surface area contributed by atoms with Crippen LogP contribution in [0.2, 0.25) is 0 Å². The lowest BCUT2D eigenvalue weighted by atomic mass is 9.87. The molecular weight excluding hydrogens is 360 g/mol. The Morgan fingerprint density at radius 3 is 2.37 bits per heavy atom. The van der Waals surface area contributed by atoms with Crippen LogP contribution in [-0.4, -0.2) is 24.4 Å². The Labute approximate surface area is 162 Å². The van der Waals surface area contributed by atoms with Gasteiger partial charge in [0.2, 0.25) is 0 Å². The summed E-state index contributed by atoms with van der Waals surface area (Å²) < 4.78 is 4.42. The van der Waals surface area contributed by atoms with Crippen molar-refractivity contribution in [1.29, 1.82) is 0 Å². The fourth-order valence-electron chi connectivity index (χ4n) is 3.06. The first-order valence-electron chi connectivity index (χ1n) is 9.04. The average molecular weight is 387 g/mol. The van der Waals surface area contributed by atoms with Crippen molar-refractivity contribution in [2.75, 3.05) is 5.75 Å². The van der Waals surface area contributed by atoms with Gasteiger partial charge in [0.15, 0.2) is 11.2 Å². The lowest BCUT2D eigenvalue weighted by Gasteiger charge is -2.19. The smallest absolute Gasteiger partial charge is 0.328 e. The molecule has 0 aliphatic heterocycles. The van der Waals surface area contributed by atoms with Crippen LogP contribution in [0.5, 0.6) is 0 Å². The lowest BCUT2D eigenvalue weighted by Crippen LogP contribution is -2.39. The molecule has 0 bridgehead atoms. The minimum atomic E-state index is -0.314. The van der Waals surface area contributed by atoms with Crippen LogP contribution in [0.1, 0.15) is 32.8 Å². The molecule has 7 heteroatoms. The summed E-state index contributed by atoms with van der Waals surface area (Å²) in [6.45, 7) is 7.01. The van der Waals surface area contributed by atoms with Gasteiger partial charge in [-0.3, -0.25) is 13.9 Å². The Morgan fingerprint density at radius 1 is 1.07 bits per heavy atom. The number of rotatable bonds is 5. The molecule has 0 aliphatic rings. The molecule has 3 rings (SSSR count). The predicted molar refractivity (Wildman–Crippen MR) is 111 cm³/mol. The van der Waals surface area contributed by atoms with E-state index < -0.39 is 0 Å². The number of nitrogens with zero attached hydrogens (tertiary/aromatic N) is 4. The number of imidazole rings is 1. The summed E-state index contributed by atoms with van der Waals surface area (Å²) in [5, 5.41) is 0. The third-order valence-corrected chi connectivity index (χ3v) is 5.81. The van der Waals surface area contributed by atoms with Gasteiger partial charge in [-0.2, -0.15) is 0 Å². The molecule has 2 aromatic heterocycles. The van der Waals surface area contributed by atoms with E-state index in [1.807, 2.05) is 0 Å². The van der Waals surface area contributed by atoms with Crippen molar-refractivity contribution in [3.63, 3.8) is 0 Å². The molecule has 0 fully saturated rings. The van der Waals surface area contributed by atoms with E-state index >= 15 is 0 Å². The summed E-state index contributed by atoms with van der Waals surface area (Å²) in [7, 11) is 3.42. The Morgan fingerprint density at radius 2 is 1.74 bits per heavy atom. The van der Waals surface area contributed by atoms with Crippen LogP contribution in [0.15, 0.2) is 45.1 Å². The van der Waals surface area contributed by atoms with E-state index in [1.165, 1.54) is 19.6 Å². The molecule has 0 amide bonds.